The van der Waals surface area contributed by atoms with Crippen molar-refractivity contribution in [3.63, 3.8) is 0 Å². The van der Waals surface area contributed by atoms with E-state index in [1.807, 2.05) is 86.1 Å². The molecular formula is C63H78N9O10+. The summed E-state index contributed by atoms with van der Waals surface area (Å²) in [5.41, 5.74) is 10.4. The molecule has 1 aromatic heterocycles. The average molecular weight is 1120 g/mol. The number of benzene rings is 4. The number of aromatic nitrogens is 3. The van der Waals surface area contributed by atoms with E-state index in [2.05, 4.69) is 76.4 Å². The van der Waals surface area contributed by atoms with Gasteiger partial charge < -0.3 is 50.2 Å². The van der Waals surface area contributed by atoms with Crippen molar-refractivity contribution in [1.82, 2.24) is 30.9 Å². The van der Waals surface area contributed by atoms with Gasteiger partial charge in [-0.15, -0.1) is 5.10 Å². The lowest BCUT2D eigenvalue weighted by Crippen LogP contribution is -2.77. The largest absolute Gasteiger partial charge is 0.478 e. The van der Waals surface area contributed by atoms with Crippen molar-refractivity contribution in [2.45, 2.75) is 93.2 Å². The van der Waals surface area contributed by atoms with Crippen LogP contribution in [0.15, 0.2) is 107 Å². The predicted molar refractivity (Wildman–Crippen MR) is 313 cm³/mol. The Kier molecular flexibility index (Phi) is 20.7. The predicted octanol–water partition coefficient (Wildman–Crippen LogP) is 7.44. The Balaban J connectivity index is 0.735. The van der Waals surface area contributed by atoms with Gasteiger partial charge in [-0.25, -0.2) is 9.48 Å². The van der Waals surface area contributed by atoms with Gasteiger partial charge in [0, 0.05) is 104 Å². The topological polar surface area (TPSA) is 242 Å². The van der Waals surface area contributed by atoms with Gasteiger partial charge >= 0.3 is 5.97 Å². The fourth-order valence-corrected chi connectivity index (χ4v) is 10.4. The minimum Gasteiger partial charge on any atom is -0.478 e. The molecule has 6 N–H and O–H groups in total. The Morgan fingerprint density at radius 3 is 2.22 bits per heavy atom. The zero-order valence-corrected chi connectivity index (χ0v) is 48.3. The molecule has 2 atom stereocenters. The van der Waals surface area contributed by atoms with E-state index < -0.39 is 11.9 Å². The Bertz CT molecular complexity index is 3230. The van der Waals surface area contributed by atoms with Crippen molar-refractivity contribution in [2.24, 2.45) is 16.3 Å². The van der Waals surface area contributed by atoms with Crippen LogP contribution in [-0.4, -0.2) is 128 Å². The number of nitrogens with one attached hydrogen (secondary N) is 3. The number of aryl methyl sites for hydroxylation is 2. The number of quaternary nitrogens is 1. The first-order valence-electron chi connectivity index (χ1n) is 28.5. The number of nitrogens with two attached hydrogens (primary N) is 1. The van der Waals surface area contributed by atoms with Gasteiger partial charge in [-0.05, 0) is 80.5 Å². The molecule has 82 heavy (non-hydrogen) atoms. The molecule has 3 heterocycles. The van der Waals surface area contributed by atoms with E-state index in [0.29, 0.717) is 80.8 Å². The highest BCUT2D eigenvalue weighted by Crippen LogP contribution is 2.50. The van der Waals surface area contributed by atoms with Crippen molar-refractivity contribution in [2.75, 3.05) is 77.3 Å². The van der Waals surface area contributed by atoms with Crippen LogP contribution < -0.4 is 30.9 Å². The van der Waals surface area contributed by atoms with Crippen LogP contribution in [0.3, 0.4) is 0 Å². The third-order valence-corrected chi connectivity index (χ3v) is 14.5. The molecule has 0 radical (unpaired) electrons. The number of amides is 4. The van der Waals surface area contributed by atoms with Crippen LogP contribution in [0.25, 0.3) is 22.5 Å². The number of ether oxygens (including phenoxy) is 4. The lowest BCUT2D eigenvalue weighted by Gasteiger charge is -2.37. The number of carbonyl (C=O) groups excluding carboxylic acids is 4. The zero-order valence-electron chi connectivity index (χ0n) is 48.3. The van der Waals surface area contributed by atoms with Crippen LogP contribution in [0.5, 0.6) is 5.75 Å². The highest BCUT2D eigenvalue weighted by Gasteiger charge is 2.40. The quantitative estimate of drug-likeness (QED) is 0.0268. The minimum atomic E-state index is -1.13. The second kappa shape index (κ2) is 28.2. The summed E-state index contributed by atoms with van der Waals surface area (Å²) in [5.74, 6) is -1.31. The summed E-state index contributed by atoms with van der Waals surface area (Å²) < 4.78 is 25.4. The van der Waals surface area contributed by atoms with Gasteiger partial charge in [0.2, 0.25) is 17.7 Å². The van der Waals surface area contributed by atoms with Crippen LogP contribution in [0.4, 0.5) is 11.4 Å². The normalized spacial score (nSPS) is 15.7. The highest BCUT2D eigenvalue weighted by atomic mass is 16.5. The molecule has 2 unspecified atom stereocenters. The van der Waals surface area contributed by atoms with Gasteiger partial charge in [0.05, 0.1) is 75.4 Å². The molecule has 4 aromatic carbocycles. The van der Waals surface area contributed by atoms with Gasteiger partial charge in [0.1, 0.15) is 22.9 Å². The monoisotopic (exact) mass is 1120 g/mol. The van der Waals surface area contributed by atoms with Crippen LogP contribution in [0.2, 0.25) is 0 Å². The Hall–Kier alpha value is -7.84. The summed E-state index contributed by atoms with van der Waals surface area (Å²) in [7, 11) is 0. The maximum atomic E-state index is 14.0. The number of aromatic carboxylic acids is 1. The van der Waals surface area contributed by atoms with Crippen molar-refractivity contribution in [1.29, 1.82) is 0 Å². The second-order valence-electron chi connectivity index (χ2n) is 21.9. The summed E-state index contributed by atoms with van der Waals surface area (Å²) in [4.78, 5) is 72.2. The van der Waals surface area contributed by atoms with Crippen LogP contribution in [0.1, 0.15) is 116 Å². The van der Waals surface area contributed by atoms with Crippen LogP contribution >= 0.6 is 0 Å². The number of nitrogens with zero attached hydrogens (tertiary/aromatic N) is 5. The first-order valence-corrected chi connectivity index (χ1v) is 28.5. The molecule has 19 nitrogen and oxygen atoms in total. The lowest BCUT2D eigenvalue weighted by molar-refractivity contribution is -0.568. The Labute approximate surface area is 479 Å². The van der Waals surface area contributed by atoms with Crippen molar-refractivity contribution in [3.8, 4) is 28.3 Å². The summed E-state index contributed by atoms with van der Waals surface area (Å²) >= 11 is 0. The minimum absolute atomic E-state index is 0.00219. The molecule has 5 aromatic rings. The van der Waals surface area contributed by atoms with Gasteiger partial charge in [-0.1, -0.05) is 80.6 Å². The van der Waals surface area contributed by atoms with Gasteiger partial charge in [0.25, 0.3) is 5.91 Å². The van der Waals surface area contributed by atoms with E-state index in [9.17, 15) is 29.1 Å². The number of carbonyl (C=O) groups is 5. The molecule has 8 rings (SSSR count). The third kappa shape index (κ3) is 15.2. The van der Waals surface area contributed by atoms with Crippen LogP contribution in [0, 0.1) is 18.3 Å². The maximum absolute atomic E-state index is 14.0. The molecule has 434 valence electrons. The van der Waals surface area contributed by atoms with Gasteiger partial charge in [-0.2, -0.15) is 0 Å². The number of para-hydroxylation sites is 1. The molecule has 2 aliphatic heterocycles. The third-order valence-electron chi connectivity index (χ3n) is 14.5. The molecule has 0 bridgehead atoms. The highest BCUT2D eigenvalue weighted by molar-refractivity contribution is 6.09. The lowest BCUT2D eigenvalue weighted by atomic mass is 9.73. The Morgan fingerprint density at radius 2 is 1.50 bits per heavy atom. The number of fused-ring (bicyclic) bond motifs is 7. The molecule has 1 aliphatic carbocycles. The number of allylic oxidation sites excluding steroid dienone is 3. The molecule has 3 aliphatic rings. The molecule has 19 heteroatoms. The fraction of sp³-hybridized carbons (Fsp3) is 0.429. The second-order valence-corrected chi connectivity index (χ2v) is 21.9. The number of hydrogen-bond donors (Lipinski definition) is 5. The number of carboxylic acids is 1. The fourth-order valence-electron chi connectivity index (χ4n) is 10.4. The summed E-state index contributed by atoms with van der Waals surface area (Å²) in [5, 5.41) is 30.6. The number of anilines is 1. The molecule has 0 saturated carbocycles. The summed E-state index contributed by atoms with van der Waals surface area (Å²) in [6.07, 6.45) is 4.99. The van der Waals surface area contributed by atoms with Crippen molar-refractivity contribution < 1.29 is 53.3 Å². The van der Waals surface area contributed by atoms with Crippen molar-refractivity contribution >= 4 is 46.7 Å². The van der Waals surface area contributed by atoms with E-state index in [4.69, 9.17) is 18.9 Å². The smallest absolute Gasteiger partial charge is 0.336 e. The van der Waals surface area contributed by atoms with E-state index in [-0.39, 0.29) is 98.4 Å². The standard InChI is InChI=1S/C63H77N9O10/c1-8-64-50-36-53-48(33-40(50)3)58(49-34-41(4)51(65-9-2)37-54(49)82-53)45-21-20-42(35-47(45)62(77)78)61(76)67-25-28-80-30-32-81-31-29-79-27-24-66-56(74)22-23-57(75)71-38-43-15-10-11-16-44(43)60-59(46-17-12-13-18-52(46)71)69-70-72(60)26-14-19-55(73)68-39-63(5,6)7/h10-13,15-18,20-21,33-37,48,58,65H,8-9,14,19,22-32,38-39H2,1-7H3,(H,66,74)(H,67,76)(H,68,73)(H,77,78)/p+1. The van der Waals surface area contributed by atoms with E-state index >= 15 is 0 Å². The number of rotatable bonds is 26. The number of hydrogen-bond acceptors (Lipinski definition) is 12. The first-order chi connectivity index (χ1) is 39.5. The van der Waals surface area contributed by atoms with E-state index in [1.54, 1.807) is 17.0 Å². The molecule has 0 saturated heterocycles. The van der Waals surface area contributed by atoms with Crippen LogP contribution in [-0.2, 0) is 41.7 Å². The van der Waals surface area contributed by atoms with Crippen molar-refractivity contribution in [3.05, 3.63) is 136 Å². The molecule has 0 spiro atoms. The first kappa shape index (κ1) is 60.3. The Morgan fingerprint density at radius 1 is 0.805 bits per heavy atom. The number of carboxylic acid groups (broad SMARTS) is 1. The SMILES string of the molecule is CCN=C1C=C2Oc3cc([NH2+]CC)c(C)cc3C(c3ccc(C(=O)NCCOCCOCCOCCNC(=O)CCC(=O)N4Cc5ccccc5-c5c(nnn5CCCC(=O)NCC(C)(C)C)-c5ccccc54)cc3C(=O)O)C2C=C1C. The molecular weight excluding hydrogens is 1040 g/mol. The van der Waals surface area contributed by atoms with E-state index in [0.717, 1.165) is 57.0 Å². The molecule has 0 fully saturated rings. The zero-order chi connectivity index (χ0) is 58.3. The summed E-state index contributed by atoms with van der Waals surface area (Å²) in [6, 6.07) is 24.4. The van der Waals surface area contributed by atoms with E-state index in [1.165, 1.54) is 6.07 Å². The maximum Gasteiger partial charge on any atom is 0.336 e. The average Bonchev–Trinajstić information content (AvgIpc) is 3.96. The number of aliphatic imine (C=N–C) groups is 1. The van der Waals surface area contributed by atoms with Gasteiger partial charge in [0.15, 0.2) is 0 Å². The van der Waals surface area contributed by atoms with Gasteiger partial charge in [-0.3, -0.25) is 24.2 Å². The summed E-state index contributed by atoms with van der Waals surface area (Å²) in [6.45, 7) is 19.3. The molecule has 4 amide bonds.